The largest absolute Gasteiger partial charge is 0.476 e. The van der Waals surface area contributed by atoms with Crippen LogP contribution in [0.15, 0.2) is 30.6 Å². The van der Waals surface area contributed by atoms with Gasteiger partial charge in [-0.3, -0.25) is 4.79 Å². The van der Waals surface area contributed by atoms with Crippen LogP contribution >= 0.6 is 0 Å². The molecule has 1 amide bonds. The normalized spacial score (nSPS) is 13.6. The monoisotopic (exact) mass is 333 g/mol. The van der Waals surface area contributed by atoms with Gasteiger partial charge in [0, 0.05) is 11.6 Å². The molecule has 0 unspecified atom stereocenters. The van der Waals surface area contributed by atoms with Gasteiger partial charge in [0.1, 0.15) is 17.3 Å². The fraction of sp³-hybridized carbons (Fsp3) is 0.250. The Balaban J connectivity index is 1.85. The maximum Gasteiger partial charge on any atom is 0.356 e. The molecule has 8 heteroatoms. The zero-order chi connectivity index (χ0) is 17.3. The molecule has 0 aliphatic heterocycles. The number of carboxylic acid groups (broad SMARTS) is 1. The third-order valence-electron chi connectivity index (χ3n) is 3.73. The Morgan fingerprint density at radius 3 is 2.21 bits per heavy atom. The molecule has 0 radical (unpaired) electrons. The molecule has 1 saturated carbocycles. The van der Waals surface area contributed by atoms with Crippen molar-refractivity contribution >= 4 is 11.9 Å². The Hall–Kier alpha value is -2.90. The molecule has 124 valence electrons. The molecule has 0 atom stereocenters. The number of aromatic nitrogens is 2. The van der Waals surface area contributed by atoms with E-state index in [0.717, 1.165) is 37.4 Å². The van der Waals surface area contributed by atoms with Gasteiger partial charge in [0.25, 0.3) is 5.91 Å². The van der Waals surface area contributed by atoms with Crippen molar-refractivity contribution in [2.75, 3.05) is 0 Å². The highest BCUT2D eigenvalue weighted by Gasteiger charge is 2.34. The Morgan fingerprint density at radius 1 is 1.12 bits per heavy atom. The molecular weight excluding hydrogens is 320 g/mol. The lowest BCUT2D eigenvalue weighted by molar-refractivity contribution is 0.0682. The summed E-state index contributed by atoms with van der Waals surface area (Å²) in [5, 5.41) is 8.80. The number of rotatable bonds is 5. The second-order valence-electron chi connectivity index (χ2n) is 5.46. The van der Waals surface area contributed by atoms with E-state index in [1.165, 1.54) is 11.0 Å². The third kappa shape index (κ3) is 3.22. The number of amides is 1. The van der Waals surface area contributed by atoms with Crippen LogP contribution in [0.2, 0.25) is 0 Å². The lowest BCUT2D eigenvalue weighted by atomic mass is 10.1. The molecule has 0 saturated heterocycles. The lowest BCUT2D eigenvalue weighted by Crippen LogP contribution is -2.34. The van der Waals surface area contributed by atoms with Crippen molar-refractivity contribution in [3.8, 4) is 0 Å². The Bertz CT molecular complexity index is 771. The molecule has 1 N–H and O–H groups in total. The van der Waals surface area contributed by atoms with Crippen LogP contribution in [-0.4, -0.2) is 37.9 Å². The van der Waals surface area contributed by atoms with Crippen LogP contribution in [0, 0.1) is 11.6 Å². The first-order valence-electron chi connectivity index (χ1n) is 7.26. The summed E-state index contributed by atoms with van der Waals surface area (Å²) in [6, 6.07) is 3.41. The van der Waals surface area contributed by atoms with E-state index in [2.05, 4.69) is 9.97 Å². The zero-order valence-electron chi connectivity index (χ0n) is 12.4. The number of carbonyl (C=O) groups is 2. The first-order valence-corrected chi connectivity index (χ1v) is 7.26. The smallest absolute Gasteiger partial charge is 0.356 e. The highest BCUT2D eigenvalue weighted by molar-refractivity contribution is 5.93. The van der Waals surface area contributed by atoms with Crippen molar-refractivity contribution in [1.82, 2.24) is 14.9 Å². The summed E-state index contributed by atoms with van der Waals surface area (Å²) in [5.74, 6) is -3.24. The van der Waals surface area contributed by atoms with Crippen molar-refractivity contribution in [3.05, 3.63) is 59.2 Å². The van der Waals surface area contributed by atoms with Gasteiger partial charge in [-0.1, -0.05) is 6.07 Å². The number of hydrogen-bond donors (Lipinski definition) is 1. The van der Waals surface area contributed by atoms with Crippen LogP contribution in [0.4, 0.5) is 8.78 Å². The van der Waals surface area contributed by atoms with Gasteiger partial charge < -0.3 is 10.0 Å². The number of carbonyl (C=O) groups excluding carboxylic acids is 1. The second kappa shape index (κ2) is 6.31. The maximum atomic E-state index is 13.8. The quantitative estimate of drug-likeness (QED) is 0.907. The number of benzene rings is 1. The van der Waals surface area contributed by atoms with Gasteiger partial charge in [-0.25, -0.2) is 23.5 Å². The Kier molecular flexibility index (Phi) is 4.20. The minimum atomic E-state index is -1.26. The van der Waals surface area contributed by atoms with Gasteiger partial charge in [0.05, 0.1) is 18.9 Å². The van der Waals surface area contributed by atoms with Crippen molar-refractivity contribution in [1.29, 1.82) is 0 Å². The minimum absolute atomic E-state index is 0.0661. The Morgan fingerprint density at radius 2 is 1.71 bits per heavy atom. The molecular formula is C16H13F2N3O3. The van der Waals surface area contributed by atoms with E-state index in [-0.39, 0.29) is 29.5 Å². The van der Waals surface area contributed by atoms with Gasteiger partial charge in [-0.05, 0) is 25.0 Å². The molecule has 2 aromatic rings. The fourth-order valence-corrected chi connectivity index (χ4v) is 2.30. The van der Waals surface area contributed by atoms with E-state index in [1.54, 1.807) is 0 Å². The van der Waals surface area contributed by atoms with Crippen molar-refractivity contribution in [2.45, 2.75) is 25.4 Å². The highest BCUT2D eigenvalue weighted by Crippen LogP contribution is 2.30. The summed E-state index contributed by atoms with van der Waals surface area (Å²) < 4.78 is 27.7. The average Bonchev–Trinajstić information content (AvgIpc) is 3.39. The van der Waals surface area contributed by atoms with Gasteiger partial charge >= 0.3 is 5.97 Å². The number of halogens is 2. The van der Waals surface area contributed by atoms with Crippen molar-refractivity contribution in [2.24, 2.45) is 0 Å². The van der Waals surface area contributed by atoms with Crippen LogP contribution in [0.1, 0.15) is 39.4 Å². The van der Waals surface area contributed by atoms with Crippen LogP contribution in [0.5, 0.6) is 0 Å². The van der Waals surface area contributed by atoms with E-state index in [1.807, 2.05) is 0 Å². The summed E-state index contributed by atoms with van der Waals surface area (Å²) in [5.41, 5.74) is -0.541. The molecule has 1 aromatic carbocycles. The van der Waals surface area contributed by atoms with E-state index >= 15 is 0 Å². The molecule has 1 aromatic heterocycles. The average molecular weight is 333 g/mol. The minimum Gasteiger partial charge on any atom is -0.476 e. The van der Waals surface area contributed by atoms with E-state index in [0.29, 0.717) is 0 Å². The van der Waals surface area contributed by atoms with E-state index in [9.17, 15) is 18.4 Å². The molecule has 3 rings (SSSR count). The topological polar surface area (TPSA) is 83.4 Å². The third-order valence-corrected chi connectivity index (χ3v) is 3.73. The zero-order valence-corrected chi connectivity index (χ0v) is 12.4. The van der Waals surface area contributed by atoms with E-state index < -0.39 is 23.5 Å². The summed E-state index contributed by atoms with van der Waals surface area (Å²) in [4.78, 5) is 32.1. The van der Waals surface area contributed by atoms with Gasteiger partial charge in [0.15, 0.2) is 5.69 Å². The van der Waals surface area contributed by atoms with Crippen LogP contribution in [0.3, 0.4) is 0 Å². The summed E-state index contributed by atoms with van der Waals surface area (Å²) in [6.45, 7) is -0.218. The Labute approximate surface area is 135 Å². The molecule has 24 heavy (non-hydrogen) atoms. The van der Waals surface area contributed by atoms with Gasteiger partial charge in [-0.2, -0.15) is 0 Å². The molecule has 1 aliphatic carbocycles. The first-order chi connectivity index (χ1) is 11.5. The van der Waals surface area contributed by atoms with Gasteiger partial charge in [0.2, 0.25) is 0 Å². The van der Waals surface area contributed by atoms with Crippen LogP contribution in [-0.2, 0) is 6.54 Å². The SMILES string of the molecule is O=C(O)c1cnc(C(=O)N(Cc2c(F)cccc2F)C2CC2)cn1. The number of nitrogens with zero attached hydrogens (tertiary/aromatic N) is 3. The fourth-order valence-electron chi connectivity index (χ4n) is 2.30. The number of carboxylic acids is 1. The van der Waals surface area contributed by atoms with Crippen molar-refractivity contribution < 1.29 is 23.5 Å². The standard InChI is InChI=1S/C16H13F2N3O3/c17-11-2-1-3-12(18)10(11)8-21(9-4-5-9)15(22)13-6-20-14(7-19-13)16(23)24/h1-3,6-7,9H,4-5,8H2,(H,23,24). The molecule has 0 spiro atoms. The number of aromatic carboxylic acids is 1. The maximum absolute atomic E-state index is 13.8. The van der Waals surface area contributed by atoms with Gasteiger partial charge in [-0.15, -0.1) is 0 Å². The molecule has 1 aliphatic rings. The number of hydrogen-bond acceptors (Lipinski definition) is 4. The summed E-state index contributed by atoms with van der Waals surface area (Å²) in [7, 11) is 0. The molecule has 6 nitrogen and oxygen atoms in total. The molecule has 0 bridgehead atoms. The summed E-state index contributed by atoms with van der Waals surface area (Å²) in [6.07, 6.45) is 3.51. The van der Waals surface area contributed by atoms with Crippen LogP contribution in [0.25, 0.3) is 0 Å². The molecule has 1 heterocycles. The summed E-state index contributed by atoms with van der Waals surface area (Å²) >= 11 is 0. The van der Waals surface area contributed by atoms with Crippen molar-refractivity contribution in [3.63, 3.8) is 0 Å². The second-order valence-corrected chi connectivity index (χ2v) is 5.46. The predicted octanol–water partition coefficient (Wildman–Crippen LogP) is 2.26. The lowest BCUT2D eigenvalue weighted by Gasteiger charge is -2.22. The van der Waals surface area contributed by atoms with Crippen LogP contribution < -0.4 is 0 Å². The van der Waals surface area contributed by atoms with E-state index in [4.69, 9.17) is 5.11 Å². The molecule has 1 fully saturated rings. The first kappa shape index (κ1) is 16.0. The predicted molar refractivity (Wildman–Crippen MR) is 78.2 cm³/mol. The highest BCUT2D eigenvalue weighted by atomic mass is 19.1.